The lowest BCUT2D eigenvalue weighted by molar-refractivity contribution is 0.0280. The number of methoxy groups -OCH3 is 1. The number of hydrogen-bond acceptors (Lipinski definition) is 6. The van der Waals surface area contributed by atoms with Gasteiger partial charge in [0.25, 0.3) is 5.89 Å². The summed E-state index contributed by atoms with van der Waals surface area (Å²) < 4.78 is 16.9. The van der Waals surface area contributed by atoms with Crippen molar-refractivity contribution in [3.8, 4) is 17.2 Å². The maximum Gasteiger partial charge on any atom is 0.338 e. The van der Waals surface area contributed by atoms with Crippen LogP contribution in [0.15, 0.2) is 57.4 Å². The third-order valence-corrected chi connectivity index (χ3v) is 3.96. The number of ether oxygens (including phenoxy) is 2. The van der Waals surface area contributed by atoms with E-state index in [1.54, 1.807) is 44.4 Å². The van der Waals surface area contributed by atoms with Crippen LogP contribution in [0, 0.1) is 0 Å². The first kappa shape index (κ1) is 17.2. The minimum Gasteiger partial charge on any atom is -0.497 e. The normalized spacial score (nSPS) is 11.8. The summed E-state index contributed by atoms with van der Waals surface area (Å²) >= 11 is 3.32. The second-order valence-corrected chi connectivity index (χ2v) is 6.15. The predicted molar refractivity (Wildman–Crippen MR) is 94.3 cm³/mol. The lowest BCUT2D eigenvalue weighted by Gasteiger charge is -2.09. The highest BCUT2D eigenvalue weighted by Crippen LogP contribution is 2.25. The zero-order chi connectivity index (χ0) is 17.8. The van der Waals surface area contributed by atoms with E-state index in [9.17, 15) is 4.79 Å². The van der Waals surface area contributed by atoms with E-state index in [1.807, 2.05) is 18.2 Å². The highest BCUT2D eigenvalue weighted by atomic mass is 79.9. The first-order chi connectivity index (χ1) is 12.1. The summed E-state index contributed by atoms with van der Waals surface area (Å²) in [6.45, 7) is 1.68. The van der Waals surface area contributed by atoms with Crippen LogP contribution in [0.1, 0.15) is 29.3 Å². The maximum absolute atomic E-state index is 12.2. The Hall–Kier alpha value is -2.67. The molecular formula is C18H15BrN2O4. The molecule has 1 heterocycles. The number of rotatable bonds is 5. The van der Waals surface area contributed by atoms with Crippen LogP contribution in [-0.4, -0.2) is 23.3 Å². The van der Waals surface area contributed by atoms with E-state index < -0.39 is 12.1 Å². The van der Waals surface area contributed by atoms with Crippen LogP contribution in [0.2, 0.25) is 0 Å². The molecule has 0 aliphatic carbocycles. The van der Waals surface area contributed by atoms with Crippen molar-refractivity contribution < 1.29 is 18.7 Å². The van der Waals surface area contributed by atoms with Crippen LogP contribution in [-0.2, 0) is 4.74 Å². The van der Waals surface area contributed by atoms with Crippen molar-refractivity contribution in [2.45, 2.75) is 13.0 Å². The quantitative estimate of drug-likeness (QED) is 0.587. The fourth-order valence-electron chi connectivity index (χ4n) is 2.14. The van der Waals surface area contributed by atoms with Crippen molar-refractivity contribution in [1.29, 1.82) is 0 Å². The van der Waals surface area contributed by atoms with Gasteiger partial charge in [-0.3, -0.25) is 0 Å². The molecular weight excluding hydrogens is 388 g/mol. The Bertz CT molecular complexity index is 877. The lowest BCUT2D eigenvalue weighted by Crippen LogP contribution is -2.09. The minimum atomic E-state index is -0.661. The molecule has 0 aliphatic rings. The molecule has 2 aromatic carbocycles. The van der Waals surface area contributed by atoms with Crippen LogP contribution in [0.5, 0.6) is 5.75 Å². The molecule has 0 radical (unpaired) electrons. The number of benzene rings is 2. The van der Waals surface area contributed by atoms with Gasteiger partial charge in [-0.1, -0.05) is 22.0 Å². The summed E-state index contributed by atoms with van der Waals surface area (Å²) in [7, 11) is 1.60. The molecule has 25 heavy (non-hydrogen) atoms. The molecule has 0 bridgehead atoms. The van der Waals surface area contributed by atoms with Crippen LogP contribution in [0.25, 0.3) is 11.5 Å². The third kappa shape index (κ3) is 4.06. The molecule has 3 rings (SSSR count). The van der Waals surface area contributed by atoms with Gasteiger partial charge in [0.1, 0.15) is 5.75 Å². The van der Waals surface area contributed by atoms with Gasteiger partial charge in [0, 0.05) is 10.0 Å². The number of nitrogens with zero attached hydrogens (tertiary/aromatic N) is 2. The second-order valence-electron chi connectivity index (χ2n) is 5.23. The molecule has 128 valence electrons. The van der Waals surface area contributed by atoms with Crippen molar-refractivity contribution in [1.82, 2.24) is 10.2 Å². The van der Waals surface area contributed by atoms with Crippen LogP contribution < -0.4 is 4.74 Å². The zero-order valence-electron chi connectivity index (χ0n) is 13.6. The molecule has 0 N–H and O–H groups in total. The average molecular weight is 403 g/mol. The first-order valence-electron chi connectivity index (χ1n) is 7.51. The van der Waals surface area contributed by atoms with E-state index in [-0.39, 0.29) is 5.89 Å². The van der Waals surface area contributed by atoms with E-state index >= 15 is 0 Å². The Morgan fingerprint density at radius 3 is 2.60 bits per heavy atom. The van der Waals surface area contributed by atoms with Gasteiger partial charge < -0.3 is 13.9 Å². The smallest absolute Gasteiger partial charge is 0.338 e. The Labute approximate surface area is 152 Å². The molecule has 0 spiro atoms. The van der Waals surface area contributed by atoms with Gasteiger partial charge in [0.15, 0.2) is 6.10 Å². The van der Waals surface area contributed by atoms with Crippen LogP contribution in [0.3, 0.4) is 0 Å². The Balaban J connectivity index is 1.71. The third-order valence-electron chi connectivity index (χ3n) is 3.47. The summed E-state index contributed by atoms with van der Waals surface area (Å²) in [5.41, 5.74) is 1.20. The van der Waals surface area contributed by atoms with Gasteiger partial charge in [-0.05, 0) is 49.4 Å². The summed E-state index contributed by atoms with van der Waals surface area (Å²) in [6.07, 6.45) is -0.661. The topological polar surface area (TPSA) is 74.5 Å². The molecule has 0 saturated carbocycles. The van der Waals surface area contributed by atoms with Crippen molar-refractivity contribution in [3.63, 3.8) is 0 Å². The number of carbonyl (C=O) groups excluding carboxylic acids is 1. The summed E-state index contributed by atoms with van der Waals surface area (Å²) in [6, 6.07) is 14.2. The van der Waals surface area contributed by atoms with Gasteiger partial charge in [0.2, 0.25) is 5.89 Å². The molecule has 6 nitrogen and oxygen atoms in total. The first-order valence-corrected chi connectivity index (χ1v) is 8.30. The van der Waals surface area contributed by atoms with Gasteiger partial charge in [-0.15, -0.1) is 10.2 Å². The monoisotopic (exact) mass is 402 g/mol. The van der Waals surface area contributed by atoms with Crippen LogP contribution in [0.4, 0.5) is 0 Å². The maximum atomic E-state index is 12.2. The largest absolute Gasteiger partial charge is 0.497 e. The Morgan fingerprint density at radius 1 is 1.16 bits per heavy atom. The number of halogens is 1. The Kier molecular flexibility index (Phi) is 5.14. The molecule has 0 amide bonds. The second kappa shape index (κ2) is 7.48. The van der Waals surface area contributed by atoms with E-state index in [0.717, 1.165) is 15.8 Å². The minimum absolute atomic E-state index is 0.231. The van der Waals surface area contributed by atoms with Gasteiger partial charge in [0.05, 0.1) is 12.7 Å². The van der Waals surface area contributed by atoms with Crippen molar-refractivity contribution >= 4 is 21.9 Å². The molecule has 0 fully saturated rings. The Morgan fingerprint density at radius 2 is 1.92 bits per heavy atom. The highest BCUT2D eigenvalue weighted by Gasteiger charge is 2.20. The standard InChI is InChI=1S/C18H15BrN2O4/c1-11(24-18(22)13-4-3-5-14(19)10-13)16-20-21-17(25-16)12-6-8-15(23-2)9-7-12/h3-11H,1-2H3/t11-/m1/s1. The van der Waals surface area contributed by atoms with Crippen molar-refractivity contribution in [2.75, 3.05) is 7.11 Å². The molecule has 7 heteroatoms. The van der Waals surface area contributed by atoms with E-state index in [2.05, 4.69) is 26.1 Å². The summed E-state index contributed by atoms with van der Waals surface area (Å²) in [5.74, 6) is 0.856. The van der Waals surface area contributed by atoms with E-state index in [0.29, 0.717) is 11.5 Å². The van der Waals surface area contributed by atoms with Gasteiger partial charge in [-0.25, -0.2) is 4.79 Å². The highest BCUT2D eigenvalue weighted by molar-refractivity contribution is 9.10. The summed E-state index contributed by atoms with van der Waals surface area (Å²) in [4.78, 5) is 12.2. The fraction of sp³-hybridized carbons (Fsp3) is 0.167. The van der Waals surface area contributed by atoms with Crippen LogP contribution >= 0.6 is 15.9 Å². The lowest BCUT2D eigenvalue weighted by atomic mass is 10.2. The molecule has 0 unspecified atom stereocenters. The number of aromatic nitrogens is 2. The van der Waals surface area contributed by atoms with E-state index in [4.69, 9.17) is 13.9 Å². The molecule has 3 aromatic rings. The summed E-state index contributed by atoms with van der Waals surface area (Å²) in [5, 5.41) is 7.97. The number of esters is 1. The molecule has 0 saturated heterocycles. The van der Waals surface area contributed by atoms with Crippen molar-refractivity contribution in [3.05, 3.63) is 64.5 Å². The molecule has 1 atom stereocenters. The van der Waals surface area contributed by atoms with Gasteiger partial charge >= 0.3 is 5.97 Å². The van der Waals surface area contributed by atoms with Crippen molar-refractivity contribution in [2.24, 2.45) is 0 Å². The predicted octanol–water partition coefficient (Wildman–Crippen LogP) is 4.43. The average Bonchev–Trinajstić information content (AvgIpc) is 3.12. The molecule has 0 aliphatic heterocycles. The van der Waals surface area contributed by atoms with E-state index in [1.165, 1.54) is 0 Å². The number of carbonyl (C=O) groups is 1. The molecule has 1 aromatic heterocycles. The number of hydrogen-bond donors (Lipinski definition) is 0. The zero-order valence-corrected chi connectivity index (χ0v) is 15.2. The fourth-order valence-corrected chi connectivity index (χ4v) is 2.54. The van der Waals surface area contributed by atoms with Gasteiger partial charge in [-0.2, -0.15) is 0 Å². The SMILES string of the molecule is COc1ccc(-c2nnc([C@@H](C)OC(=O)c3cccc(Br)c3)o2)cc1.